The van der Waals surface area contributed by atoms with Gasteiger partial charge >= 0.3 is 0 Å². The van der Waals surface area contributed by atoms with Crippen LogP contribution in [0.25, 0.3) is 0 Å². The third-order valence-corrected chi connectivity index (χ3v) is 2.89. The van der Waals surface area contributed by atoms with E-state index in [1.807, 2.05) is 24.3 Å². The van der Waals surface area contributed by atoms with Gasteiger partial charge in [-0.1, -0.05) is 6.07 Å². The van der Waals surface area contributed by atoms with Gasteiger partial charge in [0.15, 0.2) is 0 Å². The Morgan fingerprint density at radius 1 is 1.35 bits per heavy atom. The molecule has 0 spiro atoms. The Morgan fingerprint density at radius 2 is 2.24 bits per heavy atom. The summed E-state index contributed by atoms with van der Waals surface area (Å²) in [5.74, 6) is 0. The van der Waals surface area contributed by atoms with E-state index in [0.717, 1.165) is 15.9 Å². The minimum absolute atomic E-state index is 0.563. The van der Waals surface area contributed by atoms with E-state index in [4.69, 9.17) is 5.26 Å². The van der Waals surface area contributed by atoms with Crippen LogP contribution < -0.4 is 5.32 Å². The molecule has 1 heterocycles. The number of nitriles is 1. The predicted molar refractivity (Wildman–Crippen MR) is 68.2 cm³/mol. The maximum absolute atomic E-state index is 9.05. The number of halogens is 1. The highest BCUT2D eigenvalue weighted by Gasteiger charge is 2.05. The third-order valence-electron chi connectivity index (χ3n) is 2.23. The largest absolute Gasteiger partial charge is 0.378 e. The minimum Gasteiger partial charge on any atom is -0.378 e. The number of nitrogens with one attached hydrogen (secondary N) is 1. The second-order valence-corrected chi connectivity index (χ2v) is 4.18. The van der Waals surface area contributed by atoms with Crippen molar-refractivity contribution in [2.75, 3.05) is 5.32 Å². The zero-order valence-electron chi connectivity index (χ0n) is 8.89. The van der Waals surface area contributed by atoms with E-state index in [1.165, 1.54) is 6.33 Å². The van der Waals surface area contributed by atoms with Crippen LogP contribution in [-0.2, 0) is 6.54 Å². The lowest BCUT2D eigenvalue weighted by molar-refractivity contribution is 1.01. The second kappa shape index (κ2) is 5.41. The molecule has 17 heavy (non-hydrogen) atoms. The topological polar surface area (TPSA) is 61.6 Å². The monoisotopic (exact) mass is 288 g/mol. The molecule has 4 nitrogen and oxygen atoms in total. The zero-order valence-corrected chi connectivity index (χ0v) is 10.5. The number of aromatic nitrogens is 2. The lowest BCUT2D eigenvalue weighted by Gasteiger charge is -2.08. The minimum atomic E-state index is 0.563. The van der Waals surface area contributed by atoms with Crippen LogP contribution in [0.2, 0.25) is 0 Å². The van der Waals surface area contributed by atoms with Gasteiger partial charge in [-0.25, -0.2) is 9.97 Å². The number of benzene rings is 1. The van der Waals surface area contributed by atoms with Crippen LogP contribution in [0.1, 0.15) is 11.3 Å². The first-order chi connectivity index (χ1) is 8.31. The van der Waals surface area contributed by atoms with Crippen molar-refractivity contribution in [1.82, 2.24) is 9.97 Å². The molecule has 0 atom stereocenters. The lowest BCUT2D eigenvalue weighted by Crippen LogP contribution is -2.03. The fourth-order valence-electron chi connectivity index (χ4n) is 1.39. The van der Waals surface area contributed by atoms with Gasteiger partial charge in [-0.15, -0.1) is 0 Å². The third kappa shape index (κ3) is 2.80. The van der Waals surface area contributed by atoms with E-state index in [0.29, 0.717) is 12.1 Å². The van der Waals surface area contributed by atoms with E-state index < -0.39 is 0 Å². The van der Waals surface area contributed by atoms with E-state index >= 15 is 0 Å². The molecule has 0 radical (unpaired) electrons. The smallest absolute Gasteiger partial charge is 0.115 e. The van der Waals surface area contributed by atoms with Crippen molar-refractivity contribution in [3.05, 3.63) is 52.5 Å². The highest BCUT2D eigenvalue weighted by atomic mass is 79.9. The van der Waals surface area contributed by atoms with Crippen LogP contribution in [0.5, 0.6) is 0 Å². The van der Waals surface area contributed by atoms with Crippen molar-refractivity contribution in [1.29, 1.82) is 5.26 Å². The Bertz CT molecular complexity index is 548. The summed E-state index contributed by atoms with van der Waals surface area (Å²) in [7, 11) is 0. The SMILES string of the molecule is N#Cc1c(Br)cccc1NCc1ccncn1. The number of nitrogens with zero attached hydrogens (tertiary/aromatic N) is 3. The highest BCUT2D eigenvalue weighted by Crippen LogP contribution is 2.23. The maximum atomic E-state index is 9.05. The molecule has 0 aliphatic rings. The first-order valence-electron chi connectivity index (χ1n) is 4.98. The molecular weight excluding hydrogens is 280 g/mol. The lowest BCUT2D eigenvalue weighted by atomic mass is 10.2. The van der Waals surface area contributed by atoms with Gasteiger partial charge in [0.25, 0.3) is 0 Å². The summed E-state index contributed by atoms with van der Waals surface area (Å²) in [6.45, 7) is 0.563. The quantitative estimate of drug-likeness (QED) is 0.943. The Kier molecular flexibility index (Phi) is 3.68. The molecule has 2 rings (SSSR count). The normalized spacial score (nSPS) is 9.65. The molecule has 1 aromatic heterocycles. The van der Waals surface area contributed by atoms with Crippen molar-refractivity contribution in [3.8, 4) is 6.07 Å². The first kappa shape index (κ1) is 11.6. The molecule has 0 unspecified atom stereocenters. The van der Waals surface area contributed by atoms with Gasteiger partial charge in [-0.05, 0) is 34.1 Å². The number of hydrogen-bond donors (Lipinski definition) is 1. The van der Waals surface area contributed by atoms with Crippen molar-refractivity contribution in [2.24, 2.45) is 0 Å². The maximum Gasteiger partial charge on any atom is 0.115 e. The number of rotatable bonds is 3. The Balaban J connectivity index is 2.15. The molecule has 0 fully saturated rings. The van der Waals surface area contributed by atoms with Crippen molar-refractivity contribution in [2.45, 2.75) is 6.54 Å². The van der Waals surface area contributed by atoms with Crippen LogP contribution in [0, 0.1) is 11.3 Å². The molecule has 0 saturated carbocycles. The van der Waals surface area contributed by atoms with E-state index in [2.05, 4.69) is 37.3 Å². The summed E-state index contributed by atoms with van der Waals surface area (Å²) < 4.78 is 0.785. The fourth-order valence-corrected chi connectivity index (χ4v) is 1.85. The van der Waals surface area contributed by atoms with Crippen molar-refractivity contribution < 1.29 is 0 Å². The van der Waals surface area contributed by atoms with Gasteiger partial charge in [0.2, 0.25) is 0 Å². The van der Waals surface area contributed by atoms with Gasteiger partial charge in [0.05, 0.1) is 23.5 Å². The van der Waals surface area contributed by atoms with Gasteiger partial charge in [-0.2, -0.15) is 5.26 Å². The molecule has 5 heteroatoms. The first-order valence-corrected chi connectivity index (χ1v) is 5.78. The summed E-state index contributed by atoms with van der Waals surface area (Å²) in [6, 6.07) is 9.58. The van der Waals surface area contributed by atoms with Crippen LogP contribution in [0.15, 0.2) is 41.3 Å². The average Bonchev–Trinajstić information content (AvgIpc) is 2.37. The van der Waals surface area contributed by atoms with E-state index in [1.54, 1.807) is 6.20 Å². The molecule has 0 bridgehead atoms. The average molecular weight is 289 g/mol. The Labute approximate surface area is 107 Å². The summed E-state index contributed by atoms with van der Waals surface area (Å²) >= 11 is 3.35. The zero-order chi connectivity index (χ0) is 12.1. The molecule has 84 valence electrons. The summed E-state index contributed by atoms with van der Waals surface area (Å²) in [4.78, 5) is 7.95. The van der Waals surface area contributed by atoms with Gasteiger partial charge < -0.3 is 5.32 Å². The van der Waals surface area contributed by atoms with Gasteiger partial charge in [0, 0.05) is 10.7 Å². The van der Waals surface area contributed by atoms with Crippen LogP contribution in [-0.4, -0.2) is 9.97 Å². The molecule has 0 saturated heterocycles. The summed E-state index contributed by atoms with van der Waals surface area (Å²) in [5.41, 5.74) is 2.27. The number of hydrogen-bond acceptors (Lipinski definition) is 4. The van der Waals surface area contributed by atoms with Crippen molar-refractivity contribution >= 4 is 21.6 Å². The van der Waals surface area contributed by atoms with Crippen LogP contribution >= 0.6 is 15.9 Å². The van der Waals surface area contributed by atoms with E-state index in [9.17, 15) is 0 Å². The fraction of sp³-hybridized carbons (Fsp3) is 0.0833. The van der Waals surface area contributed by atoms with Gasteiger partial charge in [-0.3, -0.25) is 0 Å². The highest BCUT2D eigenvalue weighted by molar-refractivity contribution is 9.10. The molecule has 0 aliphatic carbocycles. The van der Waals surface area contributed by atoms with Crippen LogP contribution in [0.3, 0.4) is 0 Å². The Hall–Kier alpha value is -1.93. The van der Waals surface area contributed by atoms with Gasteiger partial charge in [0.1, 0.15) is 12.4 Å². The molecule has 1 aromatic carbocycles. The van der Waals surface area contributed by atoms with Crippen molar-refractivity contribution in [3.63, 3.8) is 0 Å². The molecule has 0 aliphatic heterocycles. The summed E-state index contributed by atoms with van der Waals surface area (Å²) in [5, 5.41) is 12.2. The predicted octanol–water partition coefficient (Wildman–Crippen LogP) is 2.72. The molecular formula is C12H9BrN4. The standard InChI is InChI=1S/C12H9BrN4/c13-11-2-1-3-12(10(11)6-14)16-7-9-4-5-15-8-17-9/h1-5,8,16H,7H2. The molecule has 0 amide bonds. The van der Waals surface area contributed by atoms with Crippen LogP contribution in [0.4, 0.5) is 5.69 Å². The van der Waals surface area contributed by atoms with E-state index in [-0.39, 0.29) is 0 Å². The number of anilines is 1. The molecule has 1 N–H and O–H groups in total. The summed E-state index contributed by atoms with van der Waals surface area (Å²) in [6.07, 6.45) is 3.19. The second-order valence-electron chi connectivity index (χ2n) is 3.33. The molecule has 2 aromatic rings. The Morgan fingerprint density at radius 3 is 2.94 bits per heavy atom.